The van der Waals surface area contributed by atoms with E-state index in [2.05, 4.69) is 26.0 Å². The zero-order valence-electron chi connectivity index (χ0n) is 18.6. The Morgan fingerprint density at radius 1 is 1.18 bits per heavy atom. The van der Waals surface area contributed by atoms with E-state index in [0.29, 0.717) is 19.8 Å². The number of benzene rings is 1. The minimum atomic E-state index is -0.660. The van der Waals surface area contributed by atoms with Crippen molar-refractivity contribution in [1.82, 2.24) is 4.90 Å². The summed E-state index contributed by atoms with van der Waals surface area (Å²) in [5, 5.41) is 0. The van der Waals surface area contributed by atoms with Crippen LogP contribution in [0, 0.1) is 5.41 Å². The molecule has 1 fully saturated rings. The van der Waals surface area contributed by atoms with Crippen LogP contribution in [0.5, 0.6) is 0 Å². The van der Waals surface area contributed by atoms with Crippen LogP contribution >= 0.6 is 0 Å². The van der Waals surface area contributed by atoms with Crippen molar-refractivity contribution in [2.45, 2.75) is 85.3 Å². The maximum absolute atomic E-state index is 12.8. The predicted molar refractivity (Wildman–Crippen MR) is 111 cm³/mol. The average molecular weight is 392 g/mol. The van der Waals surface area contributed by atoms with Crippen LogP contribution in [-0.4, -0.2) is 41.6 Å². The van der Waals surface area contributed by atoms with Gasteiger partial charge in [-0.05, 0) is 58.4 Å². The second-order valence-corrected chi connectivity index (χ2v) is 9.92. The largest absolute Gasteiger partial charge is 0.444 e. The van der Waals surface area contributed by atoms with Crippen molar-refractivity contribution in [3.8, 4) is 0 Å². The van der Waals surface area contributed by atoms with Crippen molar-refractivity contribution in [2.24, 2.45) is 5.41 Å². The van der Waals surface area contributed by atoms with E-state index in [4.69, 9.17) is 14.2 Å². The van der Waals surface area contributed by atoms with Crippen molar-refractivity contribution in [3.63, 3.8) is 0 Å². The first-order chi connectivity index (χ1) is 12.9. The summed E-state index contributed by atoms with van der Waals surface area (Å²) in [4.78, 5) is 14.6. The van der Waals surface area contributed by atoms with Crippen molar-refractivity contribution in [3.05, 3.63) is 35.9 Å². The van der Waals surface area contributed by atoms with E-state index in [1.54, 1.807) is 4.90 Å². The molecule has 1 amide bonds. The Morgan fingerprint density at radius 2 is 1.82 bits per heavy atom. The minimum Gasteiger partial charge on any atom is -0.444 e. The summed E-state index contributed by atoms with van der Waals surface area (Å²) in [7, 11) is 0. The molecule has 2 rings (SSSR count). The van der Waals surface area contributed by atoms with Gasteiger partial charge in [-0.25, -0.2) is 4.79 Å². The van der Waals surface area contributed by atoms with E-state index in [-0.39, 0.29) is 17.6 Å². The van der Waals surface area contributed by atoms with Gasteiger partial charge in [-0.1, -0.05) is 44.2 Å². The van der Waals surface area contributed by atoms with Gasteiger partial charge in [-0.15, -0.1) is 0 Å². The molecule has 1 aliphatic rings. The normalized spacial score (nSPS) is 19.7. The molecule has 0 aromatic heterocycles. The molecule has 0 aliphatic carbocycles. The van der Waals surface area contributed by atoms with Crippen LogP contribution in [0.15, 0.2) is 30.3 Å². The molecule has 1 unspecified atom stereocenters. The lowest BCUT2D eigenvalue weighted by Crippen LogP contribution is -2.50. The number of carbonyl (C=O) groups is 1. The van der Waals surface area contributed by atoms with Gasteiger partial charge in [0.15, 0.2) is 0 Å². The lowest BCUT2D eigenvalue weighted by atomic mass is 9.82. The third-order valence-corrected chi connectivity index (χ3v) is 4.99. The van der Waals surface area contributed by atoms with Crippen LogP contribution < -0.4 is 0 Å². The van der Waals surface area contributed by atoms with Gasteiger partial charge in [0.2, 0.25) is 0 Å². The summed E-state index contributed by atoms with van der Waals surface area (Å²) in [6.45, 7) is 15.8. The molecule has 0 spiro atoms. The fourth-order valence-corrected chi connectivity index (χ4v) is 3.57. The number of rotatable bonds is 7. The van der Waals surface area contributed by atoms with Gasteiger partial charge >= 0.3 is 6.09 Å². The molecule has 1 aliphatic heterocycles. The smallest absolute Gasteiger partial charge is 0.412 e. The summed E-state index contributed by atoms with van der Waals surface area (Å²) in [5.41, 5.74) is 0.0155. The first-order valence-electron chi connectivity index (χ1n) is 10.2. The van der Waals surface area contributed by atoms with Crippen LogP contribution in [0.1, 0.15) is 66.9 Å². The van der Waals surface area contributed by atoms with Crippen molar-refractivity contribution < 1.29 is 19.0 Å². The first kappa shape index (κ1) is 22.7. The molecule has 1 aromatic carbocycles. The molecule has 1 saturated heterocycles. The molecule has 0 N–H and O–H groups in total. The fourth-order valence-electron chi connectivity index (χ4n) is 3.57. The number of amides is 1. The maximum atomic E-state index is 12.8. The summed E-state index contributed by atoms with van der Waals surface area (Å²) >= 11 is 0. The van der Waals surface area contributed by atoms with Gasteiger partial charge in [0.05, 0.1) is 19.3 Å². The number of ether oxygens (including phenoxy) is 3. The quantitative estimate of drug-likeness (QED) is 0.585. The van der Waals surface area contributed by atoms with Gasteiger partial charge in [-0.3, -0.25) is 4.90 Å². The van der Waals surface area contributed by atoms with Crippen LogP contribution in [-0.2, 0) is 20.8 Å². The maximum Gasteiger partial charge on any atom is 0.412 e. The lowest BCUT2D eigenvalue weighted by Gasteiger charge is -2.37. The second-order valence-electron chi connectivity index (χ2n) is 9.92. The topological polar surface area (TPSA) is 48.0 Å². The van der Waals surface area contributed by atoms with E-state index >= 15 is 0 Å². The summed E-state index contributed by atoms with van der Waals surface area (Å²) < 4.78 is 17.4. The lowest BCUT2D eigenvalue weighted by molar-refractivity contribution is -0.0638. The summed E-state index contributed by atoms with van der Waals surface area (Å²) in [6, 6.07) is 10.2. The van der Waals surface area contributed by atoms with Crippen molar-refractivity contribution >= 4 is 6.09 Å². The van der Waals surface area contributed by atoms with E-state index in [1.165, 1.54) is 5.56 Å². The van der Waals surface area contributed by atoms with Gasteiger partial charge in [0.25, 0.3) is 0 Å². The van der Waals surface area contributed by atoms with Gasteiger partial charge in [0, 0.05) is 6.61 Å². The number of carbonyl (C=O) groups excluding carboxylic acids is 1. The molecular formula is C23H37NO4. The Kier molecular flexibility index (Phi) is 7.16. The van der Waals surface area contributed by atoms with Crippen LogP contribution in [0.3, 0.4) is 0 Å². The Hall–Kier alpha value is -1.59. The second kappa shape index (κ2) is 8.83. The van der Waals surface area contributed by atoms with Crippen LogP contribution in [0.2, 0.25) is 0 Å². The van der Waals surface area contributed by atoms with Crippen LogP contribution in [0.25, 0.3) is 0 Å². The Morgan fingerprint density at radius 3 is 2.43 bits per heavy atom. The summed E-state index contributed by atoms with van der Waals surface area (Å²) in [6.07, 6.45) is 1.44. The molecule has 0 saturated carbocycles. The van der Waals surface area contributed by atoms with Gasteiger partial charge in [0.1, 0.15) is 11.3 Å². The highest BCUT2D eigenvalue weighted by molar-refractivity contribution is 5.69. The molecule has 28 heavy (non-hydrogen) atoms. The highest BCUT2D eigenvalue weighted by Gasteiger charge is 2.47. The van der Waals surface area contributed by atoms with Gasteiger partial charge < -0.3 is 14.2 Å². The highest BCUT2D eigenvalue weighted by Crippen LogP contribution is 2.37. The Labute approximate surface area is 170 Å². The standard InChI is InChI=1S/C23H37NO4/c1-21(2,3)28-20(25)24-19(17-27-23(24,6)7)15-22(4,5)13-14-26-16-18-11-9-8-10-12-18/h8-12,19H,13-17H2,1-7H3. The average Bonchev–Trinajstić information content (AvgIpc) is 2.85. The molecule has 1 aromatic rings. The summed E-state index contributed by atoms with van der Waals surface area (Å²) in [5.74, 6) is 0. The molecule has 1 atom stereocenters. The van der Waals surface area contributed by atoms with Gasteiger partial charge in [-0.2, -0.15) is 0 Å². The highest BCUT2D eigenvalue weighted by atomic mass is 16.6. The number of nitrogens with zero attached hydrogens (tertiary/aromatic N) is 1. The number of hydrogen-bond acceptors (Lipinski definition) is 4. The zero-order chi connectivity index (χ0) is 21.0. The first-order valence-corrected chi connectivity index (χ1v) is 10.2. The molecule has 158 valence electrons. The van der Waals surface area contributed by atoms with Crippen molar-refractivity contribution in [1.29, 1.82) is 0 Å². The monoisotopic (exact) mass is 391 g/mol. The van der Waals surface area contributed by atoms with E-state index in [9.17, 15) is 4.79 Å². The van der Waals surface area contributed by atoms with Crippen LogP contribution in [0.4, 0.5) is 4.79 Å². The molecular weight excluding hydrogens is 354 g/mol. The SMILES string of the molecule is CC(C)(CCOCc1ccccc1)CC1COC(C)(C)N1C(=O)OC(C)(C)C. The van der Waals surface area contributed by atoms with Crippen molar-refractivity contribution in [2.75, 3.05) is 13.2 Å². The molecule has 1 heterocycles. The van der Waals surface area contributed by atoms with E-state index < -0.39 is 11.3 Å². The van der Waals surface area contributed by atoms with E-state index in [1.807, 2.05) is 52.8 Å². The molecule has 5 heteroatoms. The number of hydrogen-bond donors (Lipinski definition) is 0. The Bertz CT molecular complexity index is 634. The molecule has 0 bridgehead atoms. The molecule has 5 nitrogen and oxygen atoms in total. The Balaban J connectivity index is 1.90. The predicted octanol–water partition coefficient (Wildman–Crippen LogP) is 5.38. The third kappa shape index (κ3) is 6.78. The minimum absolute atomic E-state index is 0.00558. The molecule has 0 radical (unpaired) electrons. The van der Waals surface area contributed by atoms with E-state index in [0.717, 1.165) is 12.8 Å². The third-order valence-electron chi connectivity index (χ3n) is 4.99. The zero-order valence-corrected chi connectivity index (χ0v) is 18.6. The fraction of sp³-hybridized carbons (Fsp3) is 0.696.